The molecule has 1 amide bonds. The molecule has 3 heteroatoms. The summed E-state index contributed by atoms with van der Waals surface area (Å²) in [6.07, 6.45) is 8.60. The Balaban J connectivity index is 1.59. The van der Waals surface area contributed by atoms with Crippen molar-refractivity contribution in [2.24, 2.45) is 5.92 Å². The first kappa shape index (κ1) is 13.5. The lowest BCUT2D eigenvalue weighted by Crippen LogP contribution is -2.28. The predicted molar refractivity (Wildman–Crippen MR) is 83.1 cm³/mol. The van der Waals surface area contributed by atoms with E-state index in [1.54, 1.807) is 0 Å². The molecule has 1 N–H and O–H groups in total. The molecule has 108 valence electrons. The van der Waals surface area contributed by atoms with E-state index in [2.05, 4.69) is 22.3 Å². The fourth-order valence-corrected chi connectivity index (χ4v) is 3.00. The average molecular weight is 272 g/mol. The van der Waals surface area contributed by atoms with Gasteiger partial charge in [-0.05, 0) is 49.9 Å². The molecule has 1 saturated heterocycles. The van der Waals surface area contributed by atoms with E-state index in [-0.39, 0.29) is 11.8 Å². The van der Waals surface area contributed by atoms with Crippen LogP contribution in [0.4, 0.5) is 11.4 Å². The Labute approximate surface area is 121 Å². The van der Waals surface area contributed by atoms with Crippen LogP contribution in [0.1, 0.15) is 44.9 Å². The minimum atomic E-state index is 0.193. The van der Waals surface area contributed by atoms with Gasteiger partial charge in [0.15, 0.2) is 0 Å². The van der Waals surface area contributed by atoms with Gasteiger partial charge in [-0.3, -0.25) is 4.79 Å². The number of rotatable bonds is 3. The first-order valence-corrected chi connectivity index (χ1v) is 7.99. The van der Waals surface area contributed by atoms with E-state index in [9.17, 15) is 4.79 Å². The highest BCUT2D eigenvalue weighted by Crippen LogP contribution is 2.28. The molecule has 20 heavy (non-hydrogen) atoms. The number of hydrogen-bond donors (Lipinski definition) is 1. The summed E-state index contributed by atoms with van der Waals surface area (Å²) in [5.41, 5.74) is 2.22. The van der Waals surface area contributed by atoms with Crippen LogP contribution in [-0.2, 0) is 4.79 Å². The van der Waals surface area contributed by atoms with Gasteiger partial charge in [-0.25, -0.2) is 0 Å². The van der Waals surface area contributed by atoms with Crippen molar-refractivity contribution in [2.45, 2.75) is 44.9 Å². The molecule has 3 rings (SSSR count). The molecule has 0 bridgehead atoms. The van der Waals surface area contributed by atoms with E-state index in [1.807, 2.05) is 12.1 Å². The monoisotopic (exact) mass is 272 g/mol. The Hall–Kier alpha value is -1.51. The lowest BCUT2D eigenvalue weighted by Gasteiger charge is -2.25. The Kier molecular flexibility index (Phi) is 4.24. The van der Waals surface area contributed by atoms with Gasteiger partial charge in [0.05, 0.1) is 0 Å². The summed E-state index contributed by atoms with van der Waals surface area (Å²) in [5, 5.41) is 3.03. The van der Waals surface area contributed by atoms with Gasteiger partial charge in [-0.1, -0.05) is 19.3 Å². The molecule has 0 atom stereocenters. The summed E-state index contributed by atoms with van der Waals surface area (Å²) in [6.45, 7) is 2.32. The van der Waals surface area contributed by atoms with E-state index >= 15 is 0 Å². The van der Waals surface area contributed by atoms with Crippen molar-refractivity contribution in [1.82, 2.24) is 0 Å². The smallest absolute Gasteiger partial charge is 0.227 e. The third-order valence-electron chi connectivity index (χ3n) is 4.58. The molecule has 0 radical (unpaired) electrons. The van der Waals surface area contributed by atoms with Crippen molar-refractivity contribution < 1.29 is 4.79 Å². The maximum atomic E-state index is 11.9. The molecule has 2 aliphatic rings. The zero-order chi connectivity index (χ0) is 13.8. The molecular weight excluding hydrogens is 248 g/mol. The number of nitrogens with zero attached hydrogens (tertiary/aromatic N) is 1. The van der Waals surface area contributed by atoms with Crippen molar-refractivity contribution >= 4 is 17.3 Å². The van der Waals surface area contributed by atoms with Crippen molar-refractivity contribution in [3.05, 3.63) is 24.3 Å². The number of amides is 1. The highest BCUT2D eigenvalue weighted by atomic mass is 16.1. The van der Waals surface area contributed by atoms with Crippen LogP contribution in [-0.4, -0.2) is 19.0 Å². The molecule has 1 aromatic rings. The SMILES string of the molecule is O=C(Nc1ccc(N2CCCCCC2)cc1)C1CCC1. The summed E-state index contributed by atoms with van der Waals surface area (Å²) >= 11 is 0. The van der Waals surface area contributed by atoms with Crippen LogP contribution in [0.5, 0.6) is 0 Å². The van der Waals surface area contributed by atoms with Crippen LogP contribution in [0.3, 0.4) is 0 Å². The summed E-state index contributed by atoms with van der Waals surface area (Å²) in [4.78, 5) is 14.4. The van der Waals surface area contributed by atoms with Gasteiger partial charge in [0.1, 0.15) is 0 Å². The second-order valence-corrected chi connectivity index (χ2v) is 6.07. The molecule has 1 aromatic carbocycles. The van der Waals surface area contributed by atoms with E-state index < -0.39 is 0 Å². The molecule has 3 nitrogen and oxygen atoms in total. The van der Waals surface area contributed by atoms with Crippen molar-refractivity contribution in [3.63, 3.8) is 0 Å². The summed E-state index contributed by atoms with van der Waals surface area (Å²) in [6, 6.07) is 8.36. The van der Waals surface area contributed by atoms with Crippen LogP contribution in [0.2, 0.25) is 0 Å². The van der Waals surface area contributed by atoms with E-state index in [0.29, 0.717) is 0 Å². The van der Waals surface area contributed by atoms with Gasteiger partial charge >= 0.3 is 0 Å². The standard InChI is InChI=1S/C17H24N2O/c20-17(14-6-5-7-14)18-15-8-10-16(11-9-15)19-12-3-1-2-4-13-19/h8-11,14H,1-7,12-13H2,(H,18,20). The maximum Gasteiger partial charge on any atom is 0.227 e. The molecule has 2 fully saturated rings. The second-order valence-electron chi connectivity index (χ2n) is 6.07. The fraction of sp³-hybridized carbons (Fsp3) is 0.588. The zero-order valence-corrected chi connectivity index (χ0v) is 12.1. The van der Waals surface area contributed by atoms with Crippen LogP contribution in [0.15, 0.2) is 24.3 Å². The van der Waals surface area contributed by atoms with Gasteiger partial charge in [0.2, 0.25) is 5.91 Å². The highest BCUT2D eigenvalue weighted by Gasteiger charge is 2.25. The van der Waals surface area contributed by atoms with Crippen molar-refractivity contribution in [3.8, 4) is 0 Å². The largest absolute Gasteiger partial charge is 0.372 e. The minimum Gasteiger partial charge on any atom is -0.372 e. The zero-order valence-electron chi connectivity index (χ0n) is 12.1. The Morgan fingerprint density at radius 1 is 0.950 bits per heavy atom. The third-order valence-corrected chi connectivity index (χ3v) is 4.58. The second kappa shape index (κ2) is 6.29. The number of anilines is 2. The number of hydrogen-bond acceptors (Lipinski definition) is 2. The molecule has 0 spiro atoms. The molecule has 1 heterocycles. The third kappa shape index (κ3) is 3.14. The number of carbonyl (C=O) groups excluding carboxylic acids is 1. The van der Waals surface area contributed by atoms with Crippen LogP contribution in [0, 0.1) is 5.92 Å². The Morgan fingerprint density at radius 2 is 1.60 bits per heavy atom. The predicted octanol–water partition coefficient (Wildman–Crippen LogP) is 3.81. The molecule has 0 aromatic heterocycles. The summed E-state index contributed by atoms with van der Waals surface area (Å²) in [5.74, 6) is 0.444. The molecule has 1 aliphatic carbocycles. The van der Waals surface area contributed by atoms with E-state index in [0.717, 1.165) is 31.6 Å². The summed E-state index contributed by atoms with van der Waals surface area (Å²) in [7, 11) is 0. The number of carbonyl (C=O) groups is 1. The minimum absolute atomic E-state index is 0.193. The van der Waals surface area contributed by atoms with Gasteiger partial charge in [-0.15, -0.1) is 0 Å². The Bertz CT molecular complexity index is 443. The molecular formula is C17H24N2O. The van der Waals surface area contributed by atoms with Crippen molar-refractivity contribution in [1.29, 1.82) is 0 Å². The van der Waals surface area contributed by atoms with Crippen molar-refractivity contribution in [2.75, 3.05) is 23.3 Å². The topological polar surface area (TPSA) is 32.3 Å². The molecule has 0 unspecified atom stereocenters. The normalized spacial score (nSPS) is 20.1. The van der Waals surface area contributed by atoms with Crippen LogP contribution < -0.4 is 10.2 Å². The van der Waals surface area contributed by atoms with Gasteiger partial charge < -0.3 is 10.2 Å². The Morgan fingerprint density at radius 3 is 2.15 bits per heavy atom. The van der Waals surface area contributed by atoms with Gasteiger partial charge in [0, 0.05) is 30.4 Å². The first-order chi connectivity index (χ1) is 9.83. The lowest BCUT2D eigenvalue weighted by molar-refractivity contribution is -0.122. The van der Waals surface area contributed by atoms with Crippen LogP contribution in [0.25, 0.3) is 0 Å². The van der Waals surface area contributed by atoms with Gasteiger partial charge in [0.25, 0.3) is 0 Å². The van der Waals surface area contributed by atoms with Gasteiger partial charge in [-0.2, -0.15) is 0 Å². The van der Waals surface area contributed by atoms with E-state index in [4.69, 9.17) is 0 Å². The van der Waals surface area contributed by atoms with Crippen LogP contribution >= 0.6 is 0 Å². The highest BCUT2D eigenvalue weighted by molar-refractivity contribution is 5.93. The lowest BCUT2D eigenvalue weighted by atomic mass is 9.85. The van der Waals surface area contributed by atoms with E-state index in [1.165, 1.54) is 37.8 Å². The maximum absolute atomic E-state index is 11.9. The quantitative estimate of drug-likeness (QED) is 0.907. The molecule has 1 saturated carbocycles. The fourth-order valence-electron chi connectivity index (χ4n) is 3.00. The number of nitrogens with one attached hydrogen (secondary N) is 1. The summed E-state index contributed by atoms with van der Waals surface area (Å²) < 4.78 is 0. The number of benzene rings is 1. The first-order valence-electron chi connectivity index (χ1n) is 7.99. The average Bonchev–Trinajstić information content (AvgIpc) is 2.66. The molecule has 1 aliphatic heterocycles.